The van der Waals surface area contributed by atoms with Crippen molar-refractivity contribution in [2.45, 2.75) is 19.8 Å². The topological polar surface area (TPSA) is 75.3 Å². The van der Waals surface area contributed by atoms with E-state index in [2.05, 4.69) is 10.6 Å². The van der Waals surface area contributed by atoms with Gasteiger partial charge in [0, 0.05) is 31.5 Å². The standard InChI is InChI=1S/C15H19ClN2O3/c1-11-2-4-12(5-3-11)13(19)6-7-14(20)17-8-9-18-15(21)10-16/h2-5H,6-10H2,1H3,(H,17,20)(H,18,21). The molecule has 0 radical (unpaired) electrons. The van der Waals surface area contributed by atoms with Crippen LogP contribution in [0.25, 0.3) is 0 Å². The minimum atomic E-state index is -0.277. The first-order valence-electron chi connectivity index (χ1n) is 6.72. The molecular formula is C15H19ClN2O3. The van der Waals surface area contributed by atoms with Crippen LogP contribution in [-0.4, -0.2) is 36.6 Å². The van der Waals surface area contributed by atoms with E-state index in [-0.39, 0.29) is 36.3 Å². The molecular weight excluding hydrogens is 292 g/mol. The van der Waals surface area contributed by atoms with Crippen LogP contribution in [0.2, 0.25) is 0 Å². The van der Waals surface area contributed by atoms with Gasteiger partial charge in [-0.1, -0.05) is 29.8 Å². The molecule has 0 saturated carbocycles. The summed E-state index contributed by atoms with van der Waals surface area (Å²) in [6, 6.07) is 7.26. The molecule has 0 unspecified atom stereocenters. The summed E-state index contributed by atoms with van der Waals surface area (Å²) in [5.74, 6) is -0.643. The van der Waals surface area contributed by atoms with E-state index in [1.807, 2.05) is 19.1 Å². The monoisotopic (exact) mass is 310 g/mol. The quantitative estimate of drug-likeness (QED) is 0.433. The molecule has 0 aromatic heterocycles. The number of hydrogen-bond donors (Lipinski definition) is 2. The third-order valence-corrected chi connectivity index (χ3v) is 3.09. The van der Waals surface area contributed by atoms with Crippen molar-refractivity contribution in [3.63, 3.8) is 0 Å². The zero-order valence-corrected chi connectivity index (χ0v) is 12.7. The molecule has 5 nitrogen and oxygen atoms in total. The number of Topliss-reactive ketones (excluding diaryl/α,β-unsaturated/α-hetero) is 1. The van der Waals surface area contributed by atoms with E-state index in [0.29, 0.717) is 18.7 Å². The highest BCUT2D eigenvalue weighted by Crippen LogP contribution is 2.07. The van der Waals surface area contributed by atoms with Crippen LogP contribution in [0.5, 0.6) is 0 Å². The highest BCUT2D eigenvalue weighted by molar-refractivity contribution is 6.27. The number of carbonyl (C=O) groups is 3. The fourth-order valence-corrected chi connectivity index (χ4v) is 1.74. The molecule has 1 aromatic rings. The van der Waals surface area contributed by atoms with Crippen molar-refractivity contribution in [3.05, 3.63) is 35.4 Å². The van der Waals surface area contributed by atoms with Gasteiger partial charge in [0.2, 0.25) is 11.8 Å². The van der Waals surface area contributed by atoms with Gasteiger partial charge in [-0.05, 0) is 6.92 Å². The summed E-state index contributed by atoms with van der Waals surface area (Å²) in [6.07, 6.45) is 0.305. The van der Waals surface area contributed by atoms with Gasteiger partial charge in [-0.3, -0.25) is 14.4 Å². The van der Waals surface area contributed by atoms with Crippen LogP contribution in [0, 0.1) is 6.92 Å². The first-order valence-corrected chi connectivity index (χ1v) is 7.25. The van der Waals surface area contributed by atoms with Crippen LogP contribution in [0.3, 0.4) is 0 Å². The molecule has 0 aliphatic carbocycles. The Labute approximate surface area is 129 Å². The van der Waals surface area contributed by atoms with E-state index < -0.39 is 0 Å². The highest BCUT2D eigenvalue weighted by atomic mass is 35.5. The lowest BCUT2D eigenvalue weighted by Crippen LogP contribution is -2.35. The molecule has 0 fully saturated rings. The minimum Gasteiger partial charge on any atom is -0.354 e. The van der Waals surface area contributed by atoms with Crippen molar-refractivity contribution < 1.29 is 14.4 Å². The van der Waals surface area contributed by atoms with Gasteiger partial charge in [-0.15, -0.1) is 11.6 Å². The lowest BCUT2D eigenvalue weighted by molar-refractivity contribution is -0.122. The van der Waals surface area contributed by atoms with E-state index in [4.69, 9.17) is 11.6 Å². The van der Waals surface area contributed by atoms with Crippen molar-refractivity contribution in [2.24, 2.45) is 0 Å². The fraction of sp³-hybridized carbons (Fsp3) is 0.400. The molecule has 1 rings (SSSR count). The zero-order valence-electron chi connectivity index (χ0n) is 11.9. The summed E-state index contributed by atoms with van der Waals surface area (Å²) < 4.78 is 0. The van der Waals surface area contributed by atoms with E-state index in [1.165, 1.54) is 0 Å². The number of amides is 2. The number of alkyl halides is 1. The number of rotatable bonds is 8. The van der Waals surface area contributed by atoms with Gasteiger partial charge in [0.05, 0.1) is 0 Å². The minimum absolute atomic E-state index is 0.0550. The molecule has 0 heterocycles. The molecule has 2 amide bonds. The number of benzene rings is 1. The highest BCUT2D eigenvalue weighted by Gasteiger charge is 2.09. The first-order chi connectivity index (χ1) is 10.0. The number of ketones is 1. The van der Waals surface area contributed by atoms with Crippen LogP contribution < -0.4 is 10.6 Å². The van der Waals surface area contributed by atoms with Crippen LogP contribution in [-0.2, 0) is 9.59 Å². The number of carbonyl (C=O) groups excluding carboxylic acids is 3. The molecule has 0 aliphatic rings. The molecule has 2 N–H and O–H groups in total. The largest absolute Gasteiger partial charge is 0.354 e. The van der Waals surface area contributed by atoms with Crippen molar-refractivity contribution in [1.29, 1.82) is 0 Å². The Morgan fingerprint density at radius 1 is 0.952 bits per heavy atom. The molecule has 0 bridgehead atoms. The summed E-state index contributed by atoms with van der Waals surface area (Å²) >= 11 is 5.31. The van der Waals surface area contributed by atoms with Gasteiger partial charge in [0.15, 0.2) is 5.78 Å². The predicted molar refractivity (Wildman–Crippen MR) is 81.5 cm³/mol. The summed E-state index contributed by atoms with van der Waals surface area (Å²) in [5, 5.41) is 5.16. The molecule has 6 heteroatoms. The van der Waals surface area contributed by atoms with Crippen LogP contribution in [0.4, 0.5) is 0 Å². The Bertz CT molecular complexity index is 500. The van der Waals surface area contributed by atoms with Crippen molar-refractivity contribution in [2.75, 3.05) is 19.0 Å². The van der Waals surface area contributed by atoms with E-state index in [0.717, 1.165) is 5.56 Å². The SMILES string of the molecule is Cc1ccc(C(=O)CCC(=O)NCCNC(=O)CCl)cc1. The van der Waals surface area contributed by atoms with Crippen molar-refractivity contribution in [3.8, 4) is 0 Å². The lowest BCUT2D eigenvalue weighted by atomic mass is 10.1. The van der Waals surface area contributed by atoms with E-state index in [1.54, 1.807) is 12.1 Å². The Kier molecular flexibility index (Phi) is 7.46. The van der Waals surface area contributed by atoms with Gasteiger partial charge >= 0.3 is 0 Å². The third kappa shape index (κ3) is 6.90. The van der Waals surface area contributed by atoms with Gasteiger partial charge in [0.1, 0.15) is 5.88 Å². The molecule has 0 aliphatic heterocycles. The molecule has 1 aromatic carbocycles. The van der Waals surface area contributed by atoms with Gasteiger partial charge in [-0.25, -0.2) is 0 Å². The maximum absolute atomic E-state index is 11.9. The Balaban J connectivity index is 2.22. The number of aryl methyl sites for hydroxylation is 1. The summed E-state index contributed by atoms with van der Waals surface area (Å²) in [4.78, 5) is 34.3. The maximum Gasteiger partial charge on any atom is 0.234 e. The van der Waals surface area contributed by atoms with Crippen molar-refractivity contribution >= 4 is 29.2 Å². The number of nitrogens with one attached hydrogen (secondary N) is 2. The summed E-state index contributed by atoms with van der Waals surface area (Å²) in [5.41, 5.74) is 1.70. The Hall–Kier alpha value is -1.88. The average molecular weight is 311 g/mol. The van der Waals surface area contributed by atoms with E-state index >= 15 is 0 Å². The predicted octanol–water partition coefficient (Wildman–Crippen LogP) is 1.43. The Morgan fingerprint density at radius 2 is 1.52 bits per heavy atom. The van der Waals surface area contributed by atoms with Crippen LogP contribution >= 0.6 is 11.6 Å². The molecule has 0 atom stereocenters. The molecule has 21 heavy (non-hydrogen) atoms. The molecule has 0 spiro atoms. The second-order valence-corrected chi connectivity index (χ2v) is 4.89. The maximum atomic E-state index is 11.9. The fourth-order valence-electron chi connectivity index (χ4n) is 1.65. The van der Waals surface area contributed by atoms with Gasteiger partial charge < -0.3 is 10.6 Å². The van der Waals surface area contributed by atoms with E-state index in [9.17, 15) is 14.4 Å². The zero-order chi connectivity index (χ0) is 15.7. The second kappa shape index (κ2) is 9.13. The second-order valence-electron chi connectivity index (χ2n) is 4.62. The normalized spacial score (nSPS) is 10.0. The van der Waals surface area contributed by atoms with Crippen LogP contribution in [0.1, 0.15) is 28.8 Å². The lowest BCUT2D eigenvalue weighted by Gasteiger charge is -2.06. The number of hydrogen-bond acceptors (Lipinski definition) is 3. The van der Waals surface area contributed by atoms with Gasteiger partial charge in [0.25, 0.3) is 0 Å². The molecule has 114 valence electrons. The van der Waals surface area contributed by atoms with Crippen LogP contribution in [0.15, 0.2) is 24.3 Å². The number of halogens is 1. The Morgan fingerprint density at radius 3 is 2.10 bits per heavy atom. The van der Waals surface area contributed by atoms with Crippen molar-refractivity contribution in [1.82, 2.24) is 10.6 Å². The summed E-state index contributed by atoms with van der Waals surface area (Å²) in [6.45, 7) is 2.59. The molecule has 0 saturated heterocycles. The summed E-state index contributed by atoms with van der Waals surface area (Å²) in [7, 11) is 0. The van der Waals surface area contributed by atoms with Gasteiger partial charge in [-0.2, -0.15) is 0 Å². The first kappa shape index (κ1) is 17.2. The third-order valence-electron chi connectivity index (χ3n) is 2.84. The average Bonchev–Trinajstić information content (AvgIpc) is 2.49. The smallest absolute Gasteiger partial charge is 0.234 e.